The number of ether oxygens (including phenoxy) is 1. The SMILES string of the molecule is CC(C)Nc1cncc(-c2cnc3[nH]nc(-c4cc5c(-c6cc(F)cc(OCCN7CCCC7)c6)cccc5[nH]4)c3c2)c1. The van der Waals surface area contributed by atoms with Crippen molar-refractivity contribution in [3.05, 3.63) is 79.0 Å². The molecule has 0 spiro atoms. The zero-order chi connectivity index (χ0) is 29.3. The van der Waals surface area contributed by atoms with Gasteiger partial charge in [-0.25, -0.2) is 9.37 Å². The van der Waals surface area contributed by atoms with Crippen LogP contribution in [-0.4, -0.2) is 62.3 Å². The minimum Gasteiger partial charge on any atom is -0.492 e. The molecular formula is C34H34FN7O. The van der Waals surface area contributed by atoms with Crippen LogP contribution in [0.5, 0.6) is 5.75 Å². The van der Waals surface area contributed by atoms with E-state index in [9.17, 15) is 4.39 Å². The Morgan fingerprint density at radius 3 is 2.67 bits per heavy atom. The van der Waals surface area contributed by atoms with Gasteiger partial charge in [-0.2, -0.15) is 5.10 Å². The summed E-state index contributed by atoms with van der Waals surface area (Å²) in [5.74, 6) is 0.224. The number of anilines is 1. The smallest absolute Gasteiger partial charge is 0.155 e. The monoisotopic (exact) mass is 575 g/mol. The first-order valence-electron chi connectivity index (χ1n) is 14.8. The number of aromatic nitrogens is 5. The van der Waals surface area contributed by atoms with Crippen LogP contribution in [0.15, 0.2) is 73.2 Å². The van der Waals surface area contributed by atoms with Gasteiger partial charge in [-0.15, -0.1) is 0 Å². The molecule has 218 valence electrons. The number of rotatable bonds is 9. The number of H-pyrrole nitrogens is 2. The van der Waals surface area contributed by atoms with Gasteiger partial charge in [-0.05, 0) is 87.3 Å². The van der Waals surface area contributed by atoms with Crippen LogP contribution in [0.25, 0.3) is 55.6 Å². The van der Waals surface area contributed by atoms with E-state index in [4.69, 9.17) is 4.74 Å². The van der Waals surface area contributed by atoms with Crippen LogP contribution in [0.2, 0.25) is 0 Å². The molecule has 3 N–H and O–H groups in total. The Morgan fingerprint density at radius 1 is 0.953 bits per heavy atom. The van der Waals surface area contributed by atoms with Crippen molar-refractivity contribution in [2.45, 2.75) is 32.7 Å². The molecule has 1 saturated heterocycles. The molecule has 8 nitrogen and oxygen atoms in total. The van der Waals surface area contributed by atoms with E-state index in [1.54, 1.807) is 6.07 Å². The number of benzene rings is 2. The van der Waals surface area contributed by atoms with Crippen LogP contribution >= 0.6 is 0 Å². The Morgan fingerprint density at radius 2 is 1.81 bits per heavy atom. The van der Waals surface area contributed by atoms with E-state index in [2.05, 4.69) is 67.4 Å². The van der Waals surface area contributed by atoms with Crippen molar-refractivity contribution >= 4 is 27.6 Å². The molecule has 0 unspecified atom stereocenters. The Kier molecular flexibility index (Phi) is 7.24. The van der Waals surface area contributed by atoms with E-state index in [-0.39, 0.29) is 5.82 Å². The molecule has 9 heteroatoms. The molecular weight excluding hydrogens is 541 g/mol. The highest BCUT2D eigenvalue weighted by Crippen LogP contribution is 2.36. The maximum Gasteiger partial charge on any atom is 0.155 e. The van der Waals surface area contributed by atoms with E-state index in [0.29, 0.717) is 24.0 Å². The number of fused-ring (bicyclic) bond motifs is 2. The van der Waals surface area contributed by atoms with E-state index in [1.165, 1.54) is 18.9 Å². The molecule has 1 aliphatic heterocycles. The lowest BCUT2D eigenvalue weighted by molar-refractivity contribution is 0.237. The van der Waals surface area contributed by atoms with Crippen LogP contribution in [0.1, 0.15) is 26.7 Å². The summed E-state index contributed by atoms with van der Waals surface area (Å²) >= 11 is 0. The van der Waals surface area contributed by atoms with Crippen molar-refractivity contribution < 1.29 is 9.13 Å². The standard InChI is InChI=1S/C34H34FN7O/c1-21(2)38-26-13-23(18-36-20-26)24-15-30-33(40-41-34(30)37-19-24)32-17-29-28(6-5-7-31(29)39-32)22-12-25(35)16-27(14-22)43-11-10-42-8-3-4-9-42/h5-7,12-21,38-39H,3-4,8-11H2,1-2H3,(H,37,40,41). The second kappa shape index (κ2) is 11.5. The van der Waals surface area contributed by atoms with Gasteiger partial charge < -0.3 is 15.0 Å². The van der Waals surface area contributed by atoms with Crippen molar-refractivity contribution in [1.29, 1.82) is 0 Å². The fourth-order valence-corrected chi connectivity index (χ4v) is 5.91. The first-order chi connectivity index (χ1) is 21.0. The highest BCUT2D eigenvalue weighted by atomic mass is 19.1. The highest BCUT2D eigenvalue weighted by molar-refractivity contribution is 6.01. The van der Waals surface area contributed by atoms with E-state index < -0.39 is 0 Å². The molecule has 7 rings (SSSR count). The summed E-state index contributed by atoms with van der Waals surface area (Å²) in [6.07, 6.45) is 7.97. The minimum atomic E-state index is -0.319. The van der Waals surface area contributed by atoms with Gasteiger partial charge in [0.2, 0.25) is 0 Å². The summed E-state index contributed by atoms with van der Waals surface area (Å²) in [6.45, 7) is 7.81. The average molecular weight is 576 g/mol. The number of nitrogens with one attached hydrogen (secondary N) is 3. The number of halogens is 1. The topological polar surface area (TPSA) is 94.8 Å². The molecule has 43 heavy (non-hydrogen) atoms. The van der Waals surface area contributed by atoms with Crippen molar-refractivity contribution in [2.75, 3.05) is 31.6 Å². The maximum absolute atomic E-state index is 14.8. The molecule has 0 aliphatic carbocycles. The summed E-state index contributed by atoms with van der Waals surface area (Å²) < 4.78 is 20.8. The predicted molar refractivity (Wildman–Crippen MR) is 170 cm³/mol. The Hall–Kier alpha value is -4.76. The van der Waals surface area contributed by atoms with Crippen molar-refractivity contribution in [3.8, 4) is 39.4 Å². The lowest BCUT2D eigenvalue weighted by Gasteiger charge is -2.15. The first-order valence-corrected chi connectivity index (χ1v) is 14.8. The fourth-order valence-electron chi connectivity index (χ4n) is 5.91. The van der Waals surface area contributed by atoms with Gasteiger partial charge in [0.05, 0.1) is 11.4 Å². The summed E-state index contributed by atoms with van der Waals surface area (Å²) in [5.41, 5.74) is 7.81. The lowest BCUT2D eigenvalue weighted by atomic mass is 10.0. The number of hydrogen-bond acceptors (Lipinski definition) is 6. The van der Waals surface area contributed by atoms with Crippen LogP contribution in [0.4, 0.5) is 10.1 Å². The molecule has 6 aromatic rings. The number of nitrogens with zero attached hydrogens (tertiary/aromatic N) is 4. The Labute approximate surface area is 249 Å². The zero-order valence-electron chi connectivity index (χ0n) is 24.3. The van der Waals surface area contributed by atoms with Gasteiger partial charge in [0.15, 0.2) is 5.65 Å². The lowest BCUT2D eigenvalue weighted by Crippen LogP contribution is -2.25. The van der Waals surface area contributed by atoms with E-state index >= 15 is 0 Å². The third kappa shape index (κ3) is 5.68. The maximum atomic E-state index is 14.8. The largest absolute Gasteiger partial charge is 0.492 e. The molecule has 4 aromatic heterocycles. The third-order valence-electron chi connectivity index (χ3n) is 7.92. The van der Waals surface area contributed by atoms with Gasteiger partial charge in [0.25, 0.3) is 0 Å². The van der Waals surface area contributed by atoms with Crippen LogP contribution in [0.3, 0.4) is 0 Å². The molecule has 0 bridgehead atoms. The van der Waals surface area contributed by atoms with Crippen molar-refractivity contribution in [1.82, 2.24) is 30.0 Å². The van der Waals surface area contributed by atoms with Gasteiger partial charge in [-0.1, -0.05) is 12.1 Å². The summed E-state index contributed by atoms with van der Waals surface area (Å²) in [5, 5.41) is 13.0. The average Bonchev–Trinajstić information content (AvgIpc) is 3.76. The summed E-state index contributed by atoms with van der Waals surface area (Å²) in [4.78, 5) is 15.0. The molecule has 0 radical (unpaired) electrons. The fraction of sp³-hybridized carbons (Fsp3) is 0.265. The first kappa shape index (κ1) is 27.1. The van der Waals surface area contributed by atoms with Crippen LogP contribution in [0, 0.1) is 5.82 Å². The molecule has 1 aliphatic rings. The molecule has 0 atom stereocenters. The minimum absolute atomic E-state index is 0.302. The molecule has 0 amide bonds. The number of pyridine rings is 2. The molecule has 1 fully saturated rings. The summed E-state index contributed by atoms with van der Waals surface area (Å²) in [7, 11) is 0. The van der Waals surface area contributed by atoms with Gasteiger partial charge in [0.1, 0.15) is 23.9 Å². The van der Waals surface area contributed by atoms with E-state index in [0.717, 1.165) is 75.3 Å². The quantitative estimate of drug-likeness (QED) is 0.168. The van der Waals surface area contributed by atoms with Crippen LogP contribution in [-0.2, 0) is 0 Å². The second-order valence-electron chi connectivity index (χ2n) is 11.5. The zero-order valence-corrected chi connectivity index (χ0v) is 24.3. The van der Waals surface area contributed by atoms with Gasteiger partial charge in [0, 0.05) is 64.7 Å². The second-order valence-corrected chi connectivity index (χ2v) is 11.5. The molecule has 0 saturated carbocycles. The van der Waals surface area contributed by atoms with Gasteiger partial charge in [-0.3, -0.25) is 15.0 Å². The van der Waals surface area contributed by atoms with Crippen molar-refractivity contribution in [3.63, 3.8) is 0 Å². The summed E-state index contributed by atoms with van der Waals surface area (Å²) in [6, 6.07) is 17.5. The molecule has 2 aromatic carbocycles. The Bertz CT molecular complexity index is 1900. The number of likely N-dealkylation sites (tertiary alicyclic amines) is 1. The molecule has 5 heterocycles. The predicted octanol–water partition coefficient (Wildman–Crippen LogP) is 7.27. The highest BCUT2D eigenvalue weighted by Gasteiger charge is 2.17. The van der Waals surface area contributed by atoms with Crippen molar-refractivity contribution in [2.24, 2.45) is 0 Å². The third-order valence-corrected chi connectivity index (χ3v) is 7.92. The van der Waals surface area contributed by atoms with Gasteiger partial charge >= 0.3 is 0 Å². The Balaban J connectivity index is 1.21. The number of aromatic amines is 2. The normalized spacial score (nSPS) is 13.9. The van der Waals surface area contributed by atoms with E-state index in [1.807, 2.05) is 42.9 Å². The van der Waals surface area contributed by atoms with Crippen LogP contribution < -0.4 is 10.1 Å². The number of hydrogen-bond donors (Lipinski definition) is 3.